The van der Waals surface area contributed by atoms with E-state index in [9.17, 15) is 31.9 Å². The van der Waals surface area contributed by atoms with Gasteiger partial charge in [0.15, 0.2) is 11.7 Å². The van der Waals surface area contributed by atoms with Crippen molar-refractivity contribution in [1.82, 2.24) is 9.88 Å². The van der Waals surface area contributed by atoms with Gasteiger partial charge in [-0.1, -0.05) is 6.58 Å². The number of anilines is 2. The van der Waals surface area contributed by atoms with Crippen LogP contribution in [0, 0.1) is 6.92 Å². The van der Waals surface area contributed by atoms with Crippen molar-refractivity contribution in [2.75, 3.05) is 17.2 Å². The fraction of sp³-hybridized carbons (Fsp3) is 0.440. The molecule has 1 saturated heterocycles. The molecular formula is C25H30F4N4O4. The lowest BCUT2D eigenvalue weighted by Crippen LogP contribution is -2.53. The highest BCUT2D eigenvalue weighted by molar-refractivity contribution is 6.39. The van der Waals surface area contributed by atoms with Gasteiger partial charge in [-0.3, -0.25) is 14.9 Å². The first-order valence-electron chi connectivity index (χ1n) is 11.4. The minimum atomic E-state index is -3.19. The fourth-order valence-corrected chi connectivity index (χ4v) is 3.46. The van der Waals surface area contributed by atoms with E-state index in [2.05, 4.69) is 22.2 Å². The Bertz CT molecular complexity index is 1140. The molecule has 0 aromatic carbocycles. The summed E-state index contributed by atoms with van der Waals surface area (Å²) in [5.41, 5.74) is -0.475. The summed E-state index contributed by atoms with van der Waals surface area (Å²) in [6, 6.07) is 0.00144. The number of piperidine rings is 1. The molecule has 1 aliphatic rings. The third-order valence-corrected chi connectivity index (χ3v) is 5.22. The summed E-state index contributed by atoms with van der Waals surface area (Å²) in [5, 5.41) is 4.80. The van der Waals surface area contributed by atoms with Crippen molar-refractivity contribution in [3.63, 3.8) is 0 Å². The molecule has 8 nitrogen and oxygen atoms in total. The zero-order valence-corrected chi connectivity index (χ0v) is 21.3. The molecule has 1 atom stereocenters. The molecule has 1 fully saturated rings. The summed E-state index contributed by atoms with van der Waals surface area (Å²) in [5.74, 6) is -7.89. The van der Waals surface area contributed by atoms with Crippen LogP contribution in [0.4, 0.5) is 33.9 Å². The normalized spacial score (nSPS) is 18.2. The van der Waals surface area contributed by atoms with Gasteiger partial charge in [0.05, 0.1) is 17.9 Å². The highest BCUT2D eigenvalue weighted by Gasteiger charge is 2.44. The van der Waals surface area contributed by atoms with Gasteiger partial charge < -0.3 is 15.0 Å². The molecule has 1 aromatic heterocycles. The molecule has 0 radical (unpaired) electrons. The van der Waals surface area contributed by atoms with E-state index < -0.39 is 66.5 Å². The molecule has 0 aliphatic carbocycles. The van der Waals surface area contributed by atoms with Crippen molar-refractivity contribution in [1.29, 1.82) is 0 Å². The van der Waals surface area contributed by atoms with Gasteiger partial charge in [-0.25, -0.2) is 27.3 Å². The quantitative estimate of drug-likeness (QED) is 0.296. The number of hydrogen-bond donors (Lipinski definition) is 2. The number of carbonyl (C=O) groups is 3. The van der Waals surface area contributed by atoms with Crippen molar-refractivity contribution >= 4 is 29.4 Å². The van der Waals surface area contributed by atoms with Gasteiger partial charge in [-0.15, -0.1) is 0 Å². The molecule has 2 N–H and O–H groups in total. The summed E-state index contributed by atoms with van der Waals surface area (Å²) in [6.45, 7) is 10.9. The number of aryl methyl sites for hydroxylation is 1. The predicted molar refractivity (Wildman–Crippen MR) is 130 cm³/mol. The molecule has 1 aliphatic heterocycles. The average Bonchev–Trinajstić information content (AvgIpc) is 2.77. The number of halogens is 4. The summed E-state index contributed by atoms with van der Waals surface area (Å²) in [4.78, 5) is 42.4. The summed E-state index contributed by atoms with van der Waals surface area (Å²) < 4.78 is 60.8. The van der Waals surface area contributed by atoms with Gasteiger partial charge >= 0.3 is 17.9 Å². The van der Waals surface area contributed by atoms with Crippen LogP contribution in [0.2, 0.25) is 0 Å². The number of rotatable bonds is 5. The molecule has 1 aromatic rings. The number of allylic oxidation sites excluding steroid dienone is 3. The van der Waals surface area contributed by atoms with Crippen LogP contribution >= 0.6 is 0 Å². The Balaban J connectivity index is 2.17. The zero-order chi connectivity index (χ0) is 28.1. The number of alkyl halides is 2. The molecule has 0 spiro atoms. The van der Waals surface area contributed by atoms with Crippen molar-refractivity contribution in [2.45, 2.75) is 65.0 Å². The maximum atomic E-state index is 14.1. The maximum absolute atomic E-state index is 14.1. The van der Waals surface area contributed by atoms with Crippen LogP contribution in [0.1, 0.15) is 46.1 Å². The van der Waals surface area contributed by atoms with Crippen molar-refractivity contribution in [2.24, 2.45) is 0 Å². The van der Waals surface area contributed by atoms with E-state index in [1.807, 2.05) is 0 Å². The first-order valence-corrected chi connectivity index (χ1v) is 11.4. The zero-order valence-electron chi connectivity index (χ0n) is 21.3. The molecule has 2 heterocycles. The van der Waals surface area contributed by atoms with Crippen LogP contribution in [0.3, 0.4) is 0 Å². The second-order valence-corrected chi connectivity index (χ2v) is 9.50. The van der Waals surface area contributed by atoms with Gasteiger partial charge in [0.2, 0.25) is 0 Å². The average molecular weight is 527 g/mol. The smallest absolute Gasteiger partial charge is 0.413 e. The monoisotopic (exact) mass is 526 g/mol. The van der Waals surface area contributed by atoms with E-state index in [1.54, 1.807) is 27.7 Å². The Morgan fingerprint density at radius 1 is 1.22 bits per heavy atom. The van der Waals surface area contributed by atoms with Crippen molar-refractivity contribution in [3.8, 4) is 0 Å². The lowest BCUT2D eigenvalue weighted by Gasteiger charge is -2.39. The first-order chi connectivity index (χ1) is 17.0. The summed E-state index contributed by atoms with van der Waals surface area (Å²) in [7, 11) is 0. The Labute approximate surface area is 212 Å². The number of nitrogens with zero attached hydrogens (tertiary/aromatic N) is 2. The third kappa shape index (κ3) is 8.43. The second-order valence-electron chi connectivity index (χ2n) is 9.50. The number of hydrogen-bond acceptors (Lipinski definition) is 5. The minimum absolute atomic E-state index is 0.101. The highest BCUT2D eigenvalue weighted by Crippen LogP contribution is 2.35. The van der Waals surface area contributed by atoms with Gasteiger partial charge in [0.25, 0.3) is 5.92 Å². The number of pyridine rings is 1. The molecule has 0 unspecified atom stereocenters. The van der Waals surface area contributed by atoms with E-state index in [4.69, 9.17) is 4.74 Å². The Kier molecular flexibility index (Phi) is 9.23. The lowest BCUT2D eigenvalue weighted by molar-refractivity contribution is -0.150. The van der Waals surface area contributed by atoms with E-state index in [0.29, 0.717) is 11.6 Å². The second kappa shape index (κ2) is 11.6. The molecule has 2 rings (SSSR count). The molecule has 0 bridgehead atoms. The van der Waals surface area contributed by atoms with Crippen LogP contribution in [0.25, 0.3) is 0 Å². The van der Waals surface area contributed by atoms with E-state index in [0.717, 1.165) is 11.0 Å². The lowest BCUT2D eigenvalue weighted by atomic mass is 9.92. The number of likely N-dealkylation sites (tertiary alicyclic amines) is 1. The first kappa shape index (κ1) is 29.5. The number of carbonyl (C=O) groups excluding carboxylic acids is 3. The van der Waals surface area contributed by atoms with Crippen LogP contribution in [0.15, 0.2) is 48.2 Å². The molecule has 0 saturated carbocycles. The summed E-state index contributed by atoms with van der Waals surface area (Å²) >= 11 is 0. The van der Waals surface area contributed by atoms with Gasteiger partial charge in [0.1, 0.15) is 11.4 Å². The van der Waals surface area contributed by atoms with Crippen LogP contribution in [-0.4, -0.2) is 51.9 Å². The fourth-order valence-electron chi connectivity index (χ4n) is 3.46. The largest absolute Gasteiger partial charge is 0.444 e. The topological polar surface area (TPSA) is 101 Å². The molecule has 202 valence electrons. The van der Waals surface area contributed by atoms with Gasteiger partial charge in [-0.2, -0.15) is 0 Å². The number of aromatic nitrogens is 1. The third-order valence-electron chi connectivity index (χ3n) is 5.22. The number of amides is 3. The van der Waals surface area contributed by atoms with Crippen LogP contribution in [-0.2, 0) is 14.3 Å². The standard InChI is InChI=1S/C25H30F4N4O4/c1-7-17(26)18(27)11-14(2)19-12-25(28,29)8-9-33(19)22(35)21(34)31-16-10-15(3)20(30-13-16)32-23(36)37-24(4,5)6/h7,10-11,13,19H,2,8-9,12H2,1,3-6H3,(H,31,34)(H,30,32,36)/b17-7+,18-11+/t19-/m0/s1. The summed E-state index contributed by atoms with van der Waals surface area (Å²) in [6.07, 6.45) is 0.305. The van der Waals surface area contributed by atoms with Crippen LogP contribution < -0.4 is 10.6 Å². The minimum Gasteiger partial charge on any atom is -0.444 e. The molecule has 37 heavy (non-hydrogen) atoms. The van der Waals surface area contributed by atoms with Crippen LogP contribution in [0.5, 0.6) is 0 Å². The number of ether oxygens (including phenoxy) is 1. The van der Waals surface area contributed by atoms with E-state index in [1.165, 1.54) is 19.2 Å². The Morgan fingerprint density at radius 3 is 2.43 bits per heavy atom. The predicted octanol–water partition coefficient (Wildman–Crippen LogP) is 5.58. The van der Waals surface area contributed by atoms with Crippen molar-refractivity contribution in [3.05, 3.63) is 53.8 Å². The molecule has 12 heteroatoms. The van der Waals surface area contributed by atoms with E-state index in [-0.39, 0.29) is 17.1 Å². The van der Waals surface area contributed by atoms with Gasteiger partial charge in [-0.05, 0) is 64.0 Å². The Morgan fingerprint density at radius 2 is 1.86 bits per heavy atom. The Hall–Kier alpha value is -3.70. The van der Waals surface area contributed by atoms with E-state index >= 15 is 0 Å². The van der Waals surface area contributed by atoms with Gasteiger partial charge in [0, 0.05) is 19.4 Å². The van der Waals surface area contributed by atoms with Crippen molar-refractivity contribution < 1.29 is 36.7 Å². The maximum Gasteiger partial charge on any atom is 0.413 e. The molecular weight excluding hydrogens is 496 g/mol. The SMILES string of the molecule is C=C(/C=C(F)\C(F)=C/C)[C@@H]1CC(F)(F)CCN1C(=O)C(=O)Nc1cnc(NC(=O)OC(C)(C)C)c(C)c1. The number of nitrogens with one attached hydrogen (secondary N) is 2. The molecule has 3 amide bonds. The highest BCUT2D eigenvalue weighted by atomic mass is 19.3.